The van der Waals surface area contributed by atoms with Crippen molar-refractivity contribution in [2.45, 2.75) is 73.5 Å². The highest BCUT2D eigenvalue weighted by atomic mass is 16.6. The molecule has 0 aliphatic carbocycles. The van der Waals surface area contributed by atoms with Gasteiger partial charge in [-0.15, -0.1) is 0 Å². The number of ether oxygens (including phenoxy) is 1. The Labute approximate surface area is 108 Å². The highest BCUT2D eigenvalue weighted by Crippen LogP contribution is 2.28. The lowest BCUT2D eigenvalue weighted by molar-refractivity contribution is -0.173. The third-order valence-corrected chi connectivity index (χ3v) is 3.34. The first-order valence-corrected chi connectivity index (χ1v) is 7.09. The molecule has 2 unspecified atom stereocenters. The van der Waals surface area contributed by atoms with Gasteiger partial charge in [-0.25, -0.2) is 0 Å². The summed E-state index contributed by atoms with van der Waals surface area (Å²) in [6.07, 6.45) is 3.85. The average molecular weight is 244 g/mol. The molecular weight excluding hydrogens is 212 g/mol. The number of rotatable bonds is 9. The van der Waals surface area contributed by atoms with Gasteiger partial charge in [0.15, 0.2) is 6.29 Å². The molecule has 2 heteroatoms. The second kappa shape index (κ2) is 8.10. The van der Waals surface area contributed by atoms with E-state index < -0.39 is 6.29 Å². The monoisotopic (exact) mass is 244 g/mol. The van der Waals surface area contributed by atoms with Crippen molar-refractivity contribution < 1.29 is 9.84 Å². The van der Waals surface area contributed by atoms with Gasteiger partial charge in [0.2, 0.25) is 0 Å². The molecule has 104 valence electrons. The van der Waals surface area contributed by atoms with Gasteiger partial charge in [0.05, 0.1) is 6.61 Å². The van der Waals surface area contributed by atoms with Gasteiger partial charge >= 0.3 is 0 Å². The van der Waals surface area contributed by atoms with Gasteiger partial charge in [0, 0.05) is 5.41 Å². The van der Waals surface area contributed by atoms with Crippen LogP contribution in [-0.2, 0) is 4.74 Å². The number of aliphatic hydroxyl groups is 1. The molecule has 0 fully saturated rings. The molecule has 0 aliphatic rings. The molecule has 0 aromatic rings. The Bertz CT molecular complexity index is 187. The van der Waals surface area contributed by atoms with E-state index in [-0.39, 0.29) is 5.41 Å². The molecule has 0 saturated heterocycles. The minimum Gasteiger partial charge on any atom is -0.368 e. The van der Waals surface area contributed by atoms with Crippen molar-refractivity contribution in [1.82, 2.24) is 0 Å². The van der Waals surface area contributed by atoms with Crippen LogP contribution >= 0.6 is 0 Å². The first-order valence-electron chi connectivity index (χ1n) is 7.09. The molecule has 2 nitrogen and oxygen atoms in total. The molecule has 0 aromatic carbocycles. The van der Waals surface area contributed by atoms with E-state index in [0.717, 1.165) is 18.8 Å². The van der Waals surface area contributed by atoms with Crippen LogP contribution in [0.1, 0.15) is 67.2 Å². The number of hydrogen-bond acceptors (Lipinski definition) is 2. The fourth-order valence-electron chi connectivity index (χ4n) is 1.95. The molecule has 0 aromatic heterocycles. The van der Waals surface area contributed by atoms with Crippen LogP contribution in [0.3, 0.4) is 0 Å². The van der Waals surface area contributed by atoms with Crippen LogP contribution in [-0.4, -0.2) is 18.0 Å². The molecule has 0 bridgehead atoms. The Hall–Kier alpha value is -0.0800. The Morgan fingerprint density at radius 3 is 2.18 bits per heavy atom. The van der Waals surface area contributed by atoms with Gasteiger partial charge in [-0.2, -0.15) is 0 Å². The summed E-state index contributed by atoms with van der Waals surface area (Å²) in [4.78, 5) is 0. The molecule has 17 heavy (non-hydrogen) atoms. The standard InChI is InChI=1S/C15H32O2/c1-7-10-15(5,6)14(16)17-11-13(4)9-8-12(2)3/h12-14,16H,7-11H2,1-6H3. The van der Waals surface area contributed by atoms with Crippen molar-refractivity contribution in [1.29, 1.82) is 0 Å². The maximum atomic E-state index is 10.0. The smallest absolute Gasteiger partial charge is 0.159 e. The zero-order chi connectivity index (χ0) is 13.5. The lowest BCUT2D eigenvalue weighted by Crippen LogP contribution is -2.33. The predicted molar refractivity (Wildman–Crippen MR) is 73.9 cm³/mol. The van der Waals surface area contributed by atoms with E-state index in [2.05, 4.69) is 41.5 Å². The van der Waals surface area contributed by atoms with Crippen LogP contribution < -0.4 is 0 Å². The van der Waals surface area contributed by atoms with Crippen molar-refractivity contribution >= 4 is 0 Å². The van der Waals surface area contributed by atoms with Gasteiger partial charge in [0.25, 0.3) is 0 Å². The number of aliphatic hydroxyl groups excluding tert-OH is 1. The van der Waals surface area contributed by atoms with E-state index in [4.69, 9.17) is 4.74 Å². The largest absolute Gasteiger partial charge is 0.368 e. The Morgan fingerprint density at radius 2 is 1.71 bits per heavy atom. The van der Waals surface area contributed by atoms with E-state index >= 15 is 0 Å². The Morgan fingerprint density at radius 1 is 1.12 bits per heavy atom. The van der Waals surface area contributed by atoms with Crippen LogP contribution in [0.4, 0.5) is 0 Å². The van der Waals surface area contributed by atoms with E-state index in [1.807, 2.05) is 0 Å². The van der Waals surface area contributed by atoms with E-state index in [1.165, 1.54) is 12.8 Å². The zero-order valence-electron chi connectivity index (χ0n) is 12.6. The van der Waals surface area contributed by atoms with Crippen LogP contribution in [0, 0.1) is 17.3 Å². The molecule has 0 amide bonds. The molecule has 0 heterocycles. The van der Waals surface area contributed by atoms with E-state index in [1.54, 1.807) is 0 Å². The maximum Gasteiger partial charge on any atom is 0.159 e. The van der Waals surface area contributed by atoms with Crippen molar-refractivity contribution in [2.75, 3.05) is 6.61 Å². The normalized spacial score (nSPS) is 16.2. The Balaban J connectivity index is 3.86. The fraction of sp³-hybridized carbons (Fsp3) is 1.00. The first-order chi connectivity index (χ1) is 7.79. The lowest BCUT2D eigenvalue weighted by Gasteiger charge is -2.30. The molecule has 0 saturated carbocycles. The summed E-state index contributed by atoms with van der Waals surface area (Å²) in [7, 11) is 0. The summed E-state index contributed by atoms with van der Waals surface area (Å²) >= 11 is 0. The summed E-state index contributed by atoms with van der Waals surface area (Å²) in [6, 6.07) is 0. The minimum absolute atomic E-state index is 0.132. The highest BCUT2D eigenvalue weighted by Gasteiger charge is 2.27. The van der Waals surface area contributed by atoms with E-state index in [0.29, 0.717) is 12.5 Å². The maximum absolute atomic E-state index is 10.0. The summed E-state index contributed by atoms with van der Waals surface area (Å²) < 4.78 is 5.61. The highest BCUT2D eigenvalue weighted by molar-refractivity contribution is 4.71. The quantitative estimate of drug-likeness (QED) is 0.615. The van der Waals surface area contributed by atoms with Gasteiger partial charge in [-0.1, -0.05) is 54.4 Å². The summed E-state index contributed by atoms with van der Waals surface area (Å²) in [5, 5.41) is 10.0. The van der Waals surface area contributed by atoms with Crippen LogP contribution in [0.2, 0.25) is 0 Å². The molecule has 0 aliphatic heterocycles. The lowest BCUT2D eigenvalue weighted by atomic mass is 9.87. The third kappa shape index (κ3) is 7.77. The Kier molecular flexibility index (Phi) is 8.06. The second-order valence-electron chi connectivity index (χ2n) is 6.50. The van der Waals surface area contributed by atoms with Gasteiger partial charge < -0.3 is 9.84 Å². The first kappa shape index (κ1) is 16.9. The van der Waals surface area contributed by atoms with Crippen molar-refractivity contribution in [2.24, 2.45) is 17.3 Å². The molecule has 0 rings (SSSR count). The number of hydrogen-bond donors (Lipinski definition) is 1. The van der Waals surface area contributed by atoms with E-state index in [9.17, 15) is 5.11 Å². The van der Waals surface area contributed by atoms with Gasteiger partial charge in [-0.05, 0) is 24.7 Å². The summed E-state index contributed by atoms with van der Waals surface area (Å²) in [5.74, 6) is 1.28. The molecule has 0 spiro atoms. The minimum atomic E-state index is -0.635. The topological polar surface area (TPSA) is 29.5 Å². The predicted octanol–water partition coefficient (Wildman–Crippen LogP) is 4.22. The van der Waals surface area contributed by atoms with Gasteiger partial charge in [0.1, 0.15) is 0 Å². The van der Waals surface area contributed by atoms with Crippen LogP contribution in [0.25, 0.3) is 0 Å². The summed E-state index contributed by atoms with van der Waals surface area (Å²) in [6.45, 7) is 13.6. The molecular formula is C15H32O2. The van der Waals surface area contributed by atoms with Gasteiger partial charge in [-0.3, -0.25) is 0 Å². The van der Waals surface area contributed by atoms with Crippen molar-refractivity contribution in [3.63, 3.8) is 0 Å². The van der Waals surface area contributed by atoms with Crippen LogP contribution in [0.5, 0.6) is 0 Å². The third-order valence-electron chi connectivity index (χ3n) is 3.34. The summed E-state index contributed by atoms with van der Waals surface area (Å²) in [5.41, 5.74) is -0.132. The second-order valence-corrected chi connectivity index (χ2v) is 6.50. The molecule has 0 radical (unpaired) electrons. The fourth-order valence-corrected chi connectivity index (χ4v) is 1.95. The van der Waals surface area contributed by atoms with Crippen LogP contribution in [0.15, 0.2) is 0 Å². The average Bonchev–Trinajstić information content (AvgIpc) is 2.22. The van der Waals surface area contributed by atoms with Crippen molar-refractivity contribution in [3.8, 4) is 0 Å². The SMILES string of the molecule is CCCC(C)(C)C(O)OCC(C)CCC(C)C. The zero-order valence-corrected chi connectivity index (χ0v) is 12.6. The van der Waals surface area contributed by atoms with Crippen molar-refractivity contribution in [3.05, 3.63) is 0 Å². The molecule has 1 N–H and O–H groups in total. The molecule has 2 atom stereocenters.